The average Bonchev–Trinajstić information content (AvgIpc) is 2.05. The predicted molar refractivity (Wildman–Crippen MR) is 51.1 cm³/mol. The van der Waals surface area contributed by atoms with Gasteiger partial charge in [-0.3, -0.25) is 0 Å². The van der Waals surface area contributed by atoms with Gasteiger partial charge >= 0.3 is 0 Å². The normalized spacial score (nSPS) is 10.9. The van der Waals surface area contributed by atoms with E-state index in [0.717, 1.165) is 0 Å². The fraction of sp³-hybridized carbons (Fsp3) is 1.00. The zero-order valence-corrected chi connectivity index (χ0v) is 8.45. The van der Waals surface area contributed by atoms with E-state index in [9.17, 15) is 0 Å². The Morgan fingerprint density at radius 1 is 0.818 bits per heavy atom. The van der Waals surface area contributed by atoms with E-state index in [1.807, 2.05) is 0 Å². The van der Waals surface area contributed by atoms with Crippen LogP contribution in [0.25, 0.3) is 0 Å². The lowest BCUT2D eigenvalue weighted by Crippen LogP contribution is -3.11. The van der Waals surface area contributed by atoms with E-state index >= 15 is 0 Å². The van der Waals surface area contributed by atoms with Gasteiger partial charge in [0.25, 0.3) is 0 Å². The molecular weight excluding hydrogens is 134 g/mol. The molecule has 0 aromatic heterocycles. The second-order valence-electron chi connectivity index (χ2n) is 3.27. The topological polar surface area (TPSA) is 4.44 Å². The first-order chi connectivity index (χ1) is 5.35. The van der Waals surface area contributed by atoms with Crippen LogP contribution in [0.15, 0.2) is 0 Å². The maximum atomic E-state index is 2.28. The molecule has 0 saturated carbocycles. The van der Waals surface area contributed by atoms with E-state index in [1.165, 1.54) is 45.3 Å². The number of rotatable bonds is 7. The molecule has 1 heteroatoms. The van der Waals surface area contributed by atoms with Crippen molar-refractivity contribution in [3.8, 4) is 0 Å². The first-order valence-corrected chi connectivity index (χ1v) is 5.18. The van der Waals surface area contributed by atoms with Gasteiger partial charge in [-0.25, -0.2) is 0 Å². The molecule has 68 valence electrons. The highest BCUT2D eigenvalue weighted by atomic mass is 15.1. The lowest BCUT2D eigenvalue weighted by molar-refractivity contribution is -0.896. The summed E-state index contributed by atoms with van der Waals surface area (Å²) in [6, 6.07) is 0. The molecule has 0 amide bonds. The molecule has 0 saturated heterocycles. The Bertz CT molecular complexity index is 67.3. The molecule has 0 aromatic carbocycles. The van der Waals surface area contributed by atoms with Crippen LogP contribution < -0.4 is 4.90 Å². The molecule has 1 N–H and O–H groups in total. The van der Waals surface area contributed by atoms with Crippen LogP contribution in [0.2, 0.25) is 0 Å². The summed E-state index contributed by atoms with van der Waals surface area (Å²) in [5.41, 5.74) is 0. The Labute approximate surface area is 71.8 Å². The number of unbranched alkanes of at least 4 members (excludes halogenated alkanes) is 3. The third-order valence-electron chi connectivity index (χ3n) is 2.38. The first-order valence-electron chi connectivity index (χ1n) is 5.18. The molecule has 0 aliphatic rings. The molecule has 1 nitrogen and oxygen atoms in total. The second kappa shape index (κ2) is 8.06. The Morgan fingerprint density at radius 3 is 1.91 bits per heavy atom. The highest BCUT2D eigenvalue weighted by Gasteiger charge is 1.99. The lowest BCUT2D eigenvalue weighted by Gasteiger charge is -2.14. The highest BCUT2D eigenvalue weighted by Crippen LogP contribution is 1.95. The zero-order chi connectivity index (χ0) is 8.53. The number of nitrogens with one attached hydrogen (secondary N) is 1. The number of hydrogen-bond donors (Lipinski definition) is 1. The van der Waals surface area contributed by atoms with Crippen LogP contribution in [-0.4, -0.2) is 19.6 Å². The SMILES string of the molecule is CCCCCC[NH+](CC)CC. The molecule has 0 unspecified atom stereocenters. The third kappa shape index (κ3) is 6.36. The fourth-order valence-corrected chi connectivity index (χ4v) is 1.41. The van der Waals surface area contributed by atoms with Crippen molar-refractivity contribution in [3.63, 3.8) is 0 Å². The molecule has 11 heavy (non-hydrogen) atoms. The van der Waals surface area contributed by atoms with Crippen molar-refractivity contribution in [1.82, 2.24) is 0 Å². The Morgan fingerprint density at radius 2 is 1.45 bits per heavy atom. The summed E-state index contributed by atoms with van der Waals surface area (Å²) in [4.78, 5) is 1.75. The summed E-state index contributed by atoms with van der Waals surface area (Å²) < 4.78 is 0. The van der Waals surface area contributed by atoms with E-state index in [4.69, 9.17) is 0 Å². The van der Waals surface area contributed by atoms with Crippen LogP contribution in [0.3, 0.4) is 0 Å². The van der Waals surface area contributed by atoms with Gasteiger partial charge in [0, 0.05) is 0 Å². The van der Waals surface area contributed by atoms with Crippen molar-refractivity contribution in [2.45, 2.75) is 46.5 Å². The Balaban J connectivity index is 3.07. The van der Waals surface area contributed by atoms with Crippen molar-refractivity contribution in [1.29, 1.82) is 0 Å². The van der Waals surface area contributed by atoms with Crippen molar-refractivity contribution in [2.75, 3.05) is 19.6 Å². The third-order valence-corrected chi connectivity index (χ3v) is 2.38. The minimum Gasteiger partial charge on any atom is -0.335 e. The molecule has 0 rings (SSSR count). The monoisotopic (exact) mass is 158 g/mol. The van der Waals surface area contributed by atoms with Gasteiger partial charge in [0.05, 0.1) is 19.6 Å². The van der Waals surface area contributed by atoms with Crippen LogP contribution in [0.1, 0.15) is 46.5 Å². The lowest BCUT2D eigenvalue weighted by atomic mass is 10.2. The summed E-state index contributed by atoms with van der Waals surface area (Å²) in [5, 5.41) is 0. The zero-order valence-electron chi connectivity index (χ0n) is 8.45. The summed E-state index contributed by atoms with van der Waals surface area (Å²) in [5.74, 6) is 0. The van der Waals surface area contributed by atoms with Gasteiger partial charge in [-0.15, -0.1) is 0 Å². The smallest absolute Gasteiger partial charge is 0.0770 e. The van der Waals surface area contributed by atoms with Gasteiger partial charge in [0.15, 0.2) is 0 Å². The standard InChI is InChI=1S/C10H23N/c1-4-7-8-9-10-11(5-2)6-3/h4-10H2,1-3H3/p+1. The van der Waals surface area contributed by atoms with Crippen molar-refractivity contribution in [3.05, 3.63) is 0 Å². The van der Waals surface area contributed by atoms with Gasteiger partial charge in [-0.1, -0.05) is 19.8 Å². The fourth-order valence-electron chi connectivity index (χ4n) is 1.41. The van der Waals surface area contributed by atoms with Gasteiger partial charge < -0.3 is 4.90 Å². The predicted octanol–water partition coefficient (Wildman–Crippen LogP) is 1.49. The molecule has 0 aromatic rings. The van der Waals surface area contributed by atoms with Crippen molar-refractivity contribution in [2.24, 2.45) is 0 Å². The van der Waals surface area contributed by atoms with Crippen LogP contribution in [0.4, 0.5) is 0 Å². The molecule has 0 radical (unpaired) electrons. The minimum atomic E-state index is 1.29. The molecule has 0 fully saturated rings. The van der Waals surface area contributed by atoms with E-state index in [-0.39, 0.29) is 0 Å². The van der Waals surface area contributed by atoms with Crippen molar-refractivity contribution >= 4 is 0 Å². The van der Waals surface area contributed by atoms with Crippen molar-refractivity contribution < 1.29 is 4.90 Å². The van der Waals surface area contributed by atoms with E-state index in [0.29, 0.717) is 0 Å². The van der Waals surface area contributed by atoms with Crippen LogP contribution in [0.5, 0.6) is 0 Å². The van der Waals surface area contributed by atoms with E-state index in [2.05, 4.69) is 20.8 Å². The Hall–Kier alpha value is -0.0400. The number of hydrogen-bond acceptors (Lipinski definition) is 0. The second-order valence-corrected chi connectivity index (χ2v) is 3.27. The summed E-state index contributed by atoms with van der Waals surface area (Å²) in [6.45, 7) is 10.8. The molecule has 0 heterocycles. The van der Waals surface area contributed by atoms with Crippen LogP contribution in [0, 0.1) is 0 Å². The van der Waals surface area contributed by atoms with Gasteiger partial charge in [0.1, 0.15) is 0 Å². The highest BCUT2D eigenvalue weighted by molar-refractivity contribution is 4.37. The molecular formula is C10H24N+. The number of quaternary nitrogens is 1. The minimum absolute atomic E-state index is 1.29. The maximum Gasteiger partial charge on any atom is 0.0770 e. The molecule has 0 aliphatic heterocycles. The summed E-state index contributed by atoms with van der Waals surface area (Å²) in [6.07, 6.45) is 5.62. The molecule has 0 atom stereocenters. The maximum absolute atomic E-state index is 2.28. The Kier molecular flexibility index (Phi) is 8.03. The molecule has 0 bridgehead atoms. The largest absolute Gasteiger partial charge is 0.335 e. The first kappa shape index (κ1) is 11.0. The van der Waals surface area contributed by atoms with Crippen LogP contribution >= 0.6 is 0 Å². The van der Waals surface area contributed by atoms with E-state index < -0.39 is 0 Å². The van der Waals surface area contributed by atoms with E-state index in [1.54, 1.807) is 4.90 Å². The quantitative estimate of drug-likeness (QED) is 0.535. The summed E-state index contributed by atoms with van der Waals surface area (Å²) in [7, 11) is 0. The van der Waals surface area contributed by atoms with Gasteiger partial charge in [0.2, 0.25) is 0 Å². The molecule has 0 aliphatic carbocycles. The summed E-state index contributed by atoms with van der Waals surface area (Å²) >= 11 is 0. The molecule has 0 spiro atoms. The van der Waals surface area contributed by atoms with Gasteiger partial charge in [-0.05, 0) is 26.7 Å². The van der Waals surface area contributed by atoms with Gasteiger partial charge in [-0.2, -0.15) is 0 Å². The average molecular weight is 158 g/mol. The van der Waals surface area contributed by atoms with Crippen LogP contribution in [-0.2, 0) is 0 Å².